The Kier molecular flexibility index (Phi) is 3.47. The molecule has 0 aromatic carbocycles. The van der Waals surface area contributed by atoms with Gasteiger partial charge >= 0.3 is 5.97 Å². The monoisotopic (exact) mass is 269 g/mol. The fourth-order valence-electron chi connectivity index (χ4n) is 1.97. The second-order valence-corrected chi connectivity index (χ2v) is 4.77. The molecule has 1 saturated carbocycles. The van der Waals surface area contributed by atoms with E-state index < -0.39 is 17.4 Å². The number of rotatable bonds is 4. The van der Waals surface area contributed by atoms with Crippen molar-refractivity contribution in [3.63, 3.8) is 0 Å². The van der Waals surface area contributed by atoms with E-state index in [1.54, 1.807) is 0 Å². The zero-order valence-electron chi connectivity index (χ0n) is 9.52. The minimum atomic E-state index is -0.919. The summed E-state index contributed by atoms with van der Waals surface area (Å²) in [5.74, 6) is -1.34. The van der Waals surface area contributed by atoms with Crippen LogP contribution in [0.2, 0.25) is 5.15 Å². The maximum absolute atomic E-state index is 11.9. The van der Waals surface area contributed by atoms with E-state index in [1.807, 2.05) is 0 Å². The highest BCUT2D eigenvalue weighted by Crippen LogP contribution is 2.35. The number of carbonyl (C=O) groups is 2. The molecule has 2 N–H and O–H groups in total. The molecule has 0 saturated heterocycles. The van der Waals surface area contributed by atoms with Gasteiger partial charge in [0.15, 0.2) is 0 Å². The molecule has 1 aliphatic rings. The Bertz CT molecular complexity index is 471. The molecule has 0 bridgehead atoms. The molecular formula is C11H12ClN3O3. The van der Waals surface area contributed by atoms with Crippen LogP contribution in [0.1, 0.15) is 36.2 Å². The number of hydrogen-bond donors (Lipinski definition) is 2. The Morgan fingerprint density at radius 3 is 2.56 bits per heavy atom. The molecule has 1 heterocycles. The van der Waals surface area contributed by atoms with E-state index >= 15 is 0 Å². The van der Waals surface area contributed by atoms with Crippen molar-refractivity contribution in [1.29, 1.82) is 0 Å². The molecule has 0 radical (unpaired) electrons. The number of nitrogens with one attached hydrogen (secondary N) is 1. The third kappa shape index (κ3) is 2.76. The Labute approximate surface area is 108 Å². The maximum Gasteiger partial charge on any atom is 0.305 e. The van der Waals surface area contributed by atoms with Gasteiger partial charge in [0, 0.05) is 0 Å². The number of aromatic nitrogens is 2. The molecule has 0 atom stereocenters. The first-order valence-corrected chi connectivity index (χ1v) is 5.90. The second-order valence-electron chi connectivity index (χ2n) is 4.38. The molecule has 1 aromatic rings. The van der Waals surface area contributed by atoms with Gasteiger partial charge in [-0.15, -0.1) is 0 Å². The number of aliphatic carboxylic acids is 1. The first-order valence-electron chi connectivity index (χ1n) is 5.53. The SMILES string of the molecule is O=C(O)CC1(NC(=O)c2cnc(Cl)cn2)CCC1. The molecule has 0 unspecified atom stereocenters. The minimum absolute atomic E-state index is 0.0697. The lowest BCUT2D eigenvalue weighted by Gasteiger charge is -2.41. The summed E-state index contributed by atoms with van der Waals surface area (Å²) >= 11 is 5.57. The number of carboxylic acid groups (broad SMARTS) is 1. The van der Waals surface area contributed by atoms with Gasteiger partial charge in [-0.25, -0.2) is 9.97 Å². The smallest absolute Gasteiger partial charge is 0.305 e. The Morgan fingerprint density at radius 1 is 1.39 bits per heavy atom. The highest BCUT2D eigenvalue weighted by molar-refractivity contribution is 6.29. The number of hydrogen-bond acceptors (Lipinski definition) is 4. The number of halogens is 1. The molecule has 1 aromatic heterocycles. The van der Waals surface area contributed by atoms with Gasteiger partial charge in [-0.2, -0.15) is 0 Å². The average Bonchev–Trinajstić information content (AvgIpc) is 2.26. The van der Waals surface area contributed by atoms with Gasteiger partial charge in [0.2, 0.25) is 0 Å². The lowest BCUT2D eigenvalue weighted by Crippen LogP contribution is -2.54. The fraction of sp³-hybridized carbons (Fsp3) is 0.455. The van der Waals surface area contributed by atoms with Crippen molar-refractivity contribution < 1.29 is 14.7 Å². The standard InChI is InChI=1S/C11H12ClN3O3/c12-8-6-13-7(5-14-8)10(18)15-11(2-1-3-11)4-9(16)17/h5-6H,1-4H2,(H,15,18)(H,16,17). The van der Waals surface area contributed by atoms with Crippen LogP contribution in [0.3, 0.4) is 0 Å². The molecule has 1 fully saturated rings. The normalized spacial score (nSPS) is 16.7. The number of nitrogens with zero attached hydrogens (tertiary/aromatic N) is 2. The van der Waals surface area contributed by atoms with E-state index in [0.717, 1.165) is 6.42 Å². The summed E-state index contributed by atoms with van der Waals surface area (Å²) in [7, 11) is 0. The molecule has 18 heavy (non-hydrogen) atoms. The molecule has 2 rings (SSSR count). The molecule has 6 nitrogen and oxygen atoms in total. The van der Waals surface area contributed by atoms with E-state index in [1.165, 1.54) is 12.4 Å². The van der Waals surface area contributed by atoms with Crippen LogP contribution >= 0.6 is 11.6 Å². The molecule has 7 heteroatoms. The Hall–Kier alpha value is -1.69. The molecule has 96 valence electrons. The van der Waals surface area contributed by atoms with Gasteiger partial charge in [0.25, 0.3) is 5.91 Å². The largest absolute Gasteiger partial charge is 0.481 e. The number of carboxylic acids is 1. The minimum Gasteiger partial charge on any atom is -0.481 e. The van der Waals surface area contributed by atoms with E-state index in [4.69, 9.17) is 16.7 Å². The van der Waals surface area contributed by atoms with Gasteiger partial charge in [0.05, 0.1) is 24.4 Å². The first-order chi connectivity index (χ1) is 8.51. The van der Waals surface area contributed by atoms with Crippen molar-refractivity contribution in [3.8, 4) is 0 Å². The summed E-state index contributed by atoms with van der Waals surface area (Å²) in [4.78, 5) is 30.3. The second kappa shape index (κ2) is 4.89. The van der Waals surface area contributed by atoms with Crippen molar-refractivity contribution in [2.24, 2.45) is 0 Å². The van der Waals surface area contributed by atoms with Gasteiger partial charge in [-0.05, 0) is 19.3 Å². The summed E-state index contributed by atoms with van der Waals surface area (Å²) in [5.41, 5.74) is -0.499. The van der Waals surface area contributed by atoms with Crippen LogP contribution in [0.15, 0.2) is 12.4 Å². The van der Waals surface area contributed by atoms with Gasteiger partial charge in [0.1, 0.15) is 10.8 Å². The van der Waals surface area contributed by atoms with Gasteiger partial charge in [-0.3, -0.25) is 9.59 Å². The van der Waals surface area contributed by atoms with E-state index in [9.17, 15) is 9.59 Å². The fourth-order valence-corrected chi connectivity index (χ4v) is 2.07. The van der Waals surface area contributed by atoms with Crippen LogP contribution in [-0.4, -0.2) is 32.5 Å². The molecule has 0 aliphatic heterocycles. The van der Waals surface area contributed by atoms with Crippen molar-refractivity contribution >= 4 is 23.5 Å². The number of carbonyl (C=O) groups excluding carboxylic acids is 1. The molecular weight excluding hydrogens is 258 g/mol. The zero-order chi connectivity index (χ0) is 13.2. The van der Waals surface area contributed by atoms with Gasteiger partial charge < -0.3 is 10.4 Å². The van der Waals surface area contributed by atoms with Crippen LogP contribution < -0.4 is 5.32 Å². The summed E-state index contributed by atoms with van der Waals surface area (Å²) < 4.78 is 0. The summed E-state index contributed by atoms with van der Waals surface area (Å²) in [6.45, 7) is 0. The predicted octanol–water partition coefficient (Wildman–Crippen LogP) is 1.26. The van der Waals surface area contributed by atoms with E-state index in [-0.39, 0.29) is 17.3 Å². The number of amides is 1. The summed E-state index contributed by atoms with van der Waals surface area (Å²) in [6.07, 6.45) is 4.74. The lowest BCUT2D eigenvalue weighted by molar-refractivity contribution is -0.139. The first kappa shape index (κ1) is 12.8. The quantitative estimate of drug-likeness (QED) is 0.858. The molecule has 1 amide bonds. The Balaban J connectivity index is 2.06. The van der Waals surface area contributed by atoms with E-state index in [0.29, 0.717) is 12.8 Å². The Morgan fingerprint density at radius 2 is 2.11 bits per heavy atom. The van der Waals surface area contributed by atoms with Crippen LogP contribution in [0.4, 0.5) is 0 Å². The van der Waals surface area contributed by atoms with Crippen LogP contribution in [0.25, 0.3) is 0 Å². The van der Waals surface area contributed by atoms with Crippen LogP contribution in [0, 0.1) is 0 Å². The highest BCUT2D eigenvalue weighted by Gasteiger charge is 2.40. The van der Waals surface area contributed by atoms with Crippen molar-refractivity contribution in [2.75, 3.05) is 0 Å². The molecule has 1 aliphatic carbocycles. The topological polar surface area (TPSA) is 92.2 Å². The zero-order valence-corrected chi connectivity index (χ0v) is 10.3. The average molecular weight is 270 g/mol. The summed E-state index contributed by atoms with van der Waals surface area (Å²) in [6, 6.07) is 0. The van der Waals surface area contributed by atoms with Crippen LogP contribution in [-0.2, 0) is 4.79 Å². The highest BCUT2D eigenvalue weighted by atomic mass is 35.5. The van der Waals surface area contributed by atoms with E-state index in [2.05, 4.69) is 15.3 Å². The van der Waals surface area contributed by atoms with Crippen molar-refractivity contribution in [3.05, 3.63) is 23.2 Å². The van der Waals surface area contributed by atoms with Crippen LogP contribution in [0.5, 0.6) is 0 Å². The van der Waals surface area contributed by atoms with Gasteiger partial charge in [-0.1, -0.05) is 11.6 Å². The van der Waals surface area contributed by atoms with Crippen molar-refractivity contribution in [2.45, 2.75) is 31.2 Å². The van der Waals surface area contributed by atoms with Crippen molar-refractivity contribution in [1.82, 2.24) is 15.3 Å². The maximum atomic E-state index is 11.9. The third-order valence-corrected chi connectivity index (χ3v) is 3.23. The lowest BCUT2D eigenvalue weighted by atomic mass is 9.74. The third-order valence-electron chi connectivity index (χ3n) is 3.03. The molecule has 0 spiro atoms. The predicted molar refractivity (Wildman–Crippen MR) is 63.3 cm³/mol. The summed E-state index contributed by atoms with van der Waals surface area (Å²) in [5, 5.41) is 11.8.